The van der Waals surface area contributed by atoms with Crippen molar-refractivity contribution in [1.82, 2.24) is 0 Å². The molecule has 0 radical (unpaired) electrons. The molecule has 0 aliphatic carbocycles. The van der Waals surface area contributed by atoms with Gasteiger partial charge in [-0.15, -0.1) is 0 Å². The van der Waals surface area contributed by atoms with Gasteiger partial charge in [0.1, 0.15) is 11.5 Å². The van der Waals surface area contributed by atoms with Crippen molar-refractivity contribution in [3.8, 4) is 0 Å². The lowest BCUT2D eigenvalue weighted by Gasteiger charge is -2.06. The highest BCUT2D eigenvalue weighted by Crippen LogP contribution is 2.12. The van der Waals surface area contributed by atoms with Gasteiger partial charge in [-0.1, -0.05) is 0 Å². The summed E-state index contributed by atoms with van der Waals surface area (Å²) in [5.74, 6) is 0.931. The van der Waals surface area contributed by atoms with E-state index in [9.17, 15) is 0 Å². The van der Waals surface area contributed by atoms with E-state index in [1.54, 1.807) is 19.3 Å². The minimum atomic E-state index is 0.326. The first-order chi connectivity index (χ1) is 3.80. The number of hydrogen-bond donors (Lipinski definition) is 1. The summed E-state index contributed by atoms with van der Waals surface area (Å²) >= 11 is 0. The van der Waals surface area contributed by atoms with Crippen molar-refractivity contribution in [1.29, 1.82) is 0 Å². The average molecular weight is 112 g/mol. The molecule has 0 saturated heterocycles. The zero-order chi connectivity index (χ0) is 5.98. The molecule has 2 heteroatoms. The molecule has 0 aromatic carbocycles. The molecule has 0 bridgehead atoms. The second kappa shape index (κ2) is 1.90. The Balaban J connectivity index is 2.67. The smallest absolute Gasteiger partial charge is 0.138 e. The van der Waals surface area contributed by atoms with E-state index >= 15 is 0 Å². The van der Waals surface area contributed by atoms with E-state index < -0.39 is 0 Å². The third-order valence-corrected chi connectivity index (χ3v) is 1.06. The van der Waals surface area contributed by atoms with Crippen molar-refractivity contribution in [2.24, 2.45) is 0 Å². The SMILES string of the molecule is CC1=C(O)CC=CO1. The van der Waals surface area contributed by atoms with Crippen LogP contribution in [0.15, 0.2) is 23.9 Å². The van der Waals surface area contributed by atoms with Gasteiger partial charge in [0.2, 0.25) is 0 Å². The van der Waals surface area contributed by atoms with Crippen molar-refractivity contribution < 1.29 is 9.84 Å². The Hall–Kier alpha value is -0.920. The molecule has 1 rings (SSSR count). The van der Waals surface area contributed by atoms with Crippen LogP contribution in [0.1, 0.15) is 13.3 Å². The second-order valence-electron chi connectivity index (χ2n) is 1.70. The number of allylic oxidation sites excluding steroid dienone is 2. The van der Waals surface area contributed by atoms with Crippen LogP contribution in [0.2, 0.25) is 0 Å². The Morgan fingerprint density at radius 1 is 1.75 bits per heavy atom. The molecule has 0 aromatic rings. The lowest BCUT2D eigenvalue weighted by atomic mass is 10.3. The maximum Gasteiger partial charge on any atom is 0.138 e. The van der Waals surface area contributed by atoms with Gasteiger partial charge in [-0.05, 0) is 13.0 Å². The summed E-state index contributed by atoms with van der Waals surface area (Å²) in [4.78, 5) is 0. The Morgan fingerprint density at radius 3 is 2.88 bits per heavy atom. The quantitative estimate of drug-likeness (QED) is 0.517. The molecule has 1 heterocycles. The normalized spacial score (nSPS) is 18.6. The highest BCUT2D eigenvalue weighted by Gasteiger charge is 2.01. The Bertz CT molecular complexity index is 129. The van der Waals surface area contributed by atoms with Crippen LogP contribution in [0.4, 0.5) is 0 Å². The van der Waals surface area contributed by atoms with Crippen molar-refractivity contribution in [2.45, 2.75) is 13.3 Å². The molecule has 2 nitrogen and oxygen atoms in total. The summed E-state index contributed by atoms with van der Waals surface area (Å²) in [6.45, 7) is 1.73. The monoisotopic (exact) mass is 112 g/mol. The number of ether oxygens (including phenoxy) is 1. The second-order valence-corrected chi connectivity index (χ2v) is 1.70. The van der Waals surface area contributed by atoms with Gasteiger partial charge in [-0.2, -0.15) is 0 Å². The van der Waals surface area contributed by atoms with E-state index in [1.165, 1.54) is 0 Å². The largest absolute Gasteiger partial charge is 0.508 e. The predicted molar refractivity (Wildman–Crippen MR) is 30.2 cm³/mol. The highest BCUT2D eigenvalue weighted by atomic mass is 16.5. The fourth-order valence-electron chi connectivity index (χ4n) is 0.522. The highest BCUT2D eigenvalue weighted by molar-refractivity contribution is 5.07. The summed E-state index contributed by atoms with van der Waals surface area (Å²) in [7, 11) is 0. The van der Waals surface area contributed by atoms with Gasteiger partial charge in [0, 0.05) is 6.42 Å². The van der Waals surface area contributed by atoms with E-state index in [1.807, 2.05) is 0 Å². The van der Waals surface area contributed by atoms with Crippen LogP contribution < -0.4 is 0 Å². The van der Waals surface area contributed by atoms with Crippen LogP contribution in [-0.4, -0.2) is 5.11 Å². The lowest BCUT2D eigenvalue weighted by molar-refractivity contribution is 0.278. The van der Waals surface area contributed by atoms with E-state index in [2.05, 4.69) is 0 Å². The summed E-state index contributed by atoms with van der Waals surface area (Å²) < 4.78 is 4.84. The van der Waals surface area contributed by atoms with Crippen LogP contribution in [0.25, 0.3) is 0 Å². The van der Waals surface area contributed by atoms with Gasteiger partial charge >= 0.3 is 0 Å². The molecule has 0 amide bonds. The maximum absolute atomic E-state index is 8.88. The summed E-state index contributed by atoms with van der Waals surface area (Å²) in [6, 6.07) is 0. The first-order valence-corrected chi connectivity index (χ1v) is 2.51. The maximum atomic E-state index is 8.88. The summed E-state index contributed by atoms with van der Waals surface area (Å²) in [6.07, 6.45) is 3.95. The third-order valence-electron chi connectivity index (χ3n) is 1.06. The molecule has 0 aromatic heterocycles. The Morgan fingerprint density at radius 2 is 2.50 bits per heavy atom. The zero-order valence-electron chi connectivity index (χ0n) is 4.72. The van der Waals surface area contributed by atoms with Gasteiger partial charge in [-0.25, -0.2) is 0 Å². The minimum absolute atomic E-state index is 0.326. The number of rotatable bonds is 0. The molecule has 0 fully saturated rings. The fourth-order valence-corrected chi connectivity index (χ4v) is 0.522. The molecule has 1 aliphatic rings. The molecule has 1 N–H and O–H groups in total. The minimum Gasteiger partial charge on any atom is -0.508 e. The van der Waals surface area contributed by atoms with E-state index in [0.29, 0.717) is 17.9 Å². The average Bonchev–Trinajstić information content (AvgIpc) is 1.77. The van der Waals surface area contributed by atoms with Gasteiger partial charge in [0.05, 0.1) is 6.26 Å². The lowest BCUT2D eigenvalue weighted by Crippen LogP contribution is -1.92. The molecule has 44 valence electrons. The van der Waals surface area contributed by atoms with Gasteiger partial charge in [0.15, 0.2) is 0 Å². The van der Waals surface area contributed by atoms with Crippen LogP contribution in [0.5, 0.6) is 0 Å². The van der Waals surface area contributed by atoms with Crippen LogP contribution in [0.3, 0.4) is 0 Å². The predicted octanol–water partition coefficient (Wildman–Crippen LogP) is 1.71. The molecule has 0 spiro atoms. The summed E-state index contributed by atoms with van der Waals surface area (Å²) in [5, 5.41) is 8.88. The van der Waals surface area contributed by atoms with Crippen LogP contribution >= 0.6 is 0 Å². The topological polar surface area (TPSA) is 29.5 Å². The molecule has 0 unspecified atom stereocenters. The van der Waals surface area contributed by atoms with Crippen LogP contribution in [-0.2, 0) is 4.74 Å². The van der Waals surface area contributed by atoms with Gasteiger partial charge in [0.25, 0.3) is 0 Å². The van der Waals surface area contributed by atoms with Crippen molar-refractivity contribution >= 4 is 0 Å². The third kappa shape index (κ3) is 0.832. The zero-order valence-corrected chi connectivity index (χ0v) is 4.72. The first kappa shape index (κ1) is 5.22. The number of aliphatic hydroxyl groups excluding tert-OH is 1. The Kier molecular flexibility index (Phi) is 1.24. The standard InChI is InChI=1S/C6H8O2/c1-5-6(7)3-2-4-8-5/h2,4,7H,3H2,1H3. The van der Waals surface area contributed by atoms with E-state index in [-0.39, 0.29) is 0 Å². The number of aliphatic hydroxyl groups is 1. The van der Waals surface area contributed by atoms with Gasteiger partial charge in [-0.3, -0.25) is 0 Å². The number of hydrogen-bond acceptors (Lipinski definition) is 2. The van der Waals surface area contributed by atoms with Crippen molar-refractivity contribution in [3.63, 3.8) is 0 Å². The van der Waals surface area contributed by atoms with Crippen molar-refractivity contribution in [3.05, 3.63) is 23.9 Å². The Labute approximate surface area is 48.1 Å². The molecular formula is C6H8O2. The fraction of sp³-hybridized carbons (Fsp3) is 0.333. The molecule has 8 heavy (non-hydrogen) atoms. The molecule has 0 saturated carbocycles. The first-order valence-electron chi connectivity index (χ1n) is 2.51. The van der Waals surface area contributed by atoms with Crippen molar-refractivity contribution in [2.75, 3.05) is 0 Å². The van der Waals surface area contributed by atoms with Gasteiger partial charge < -0.3 is 9.84 Å². The van der Waals surface area contributed by atoms with E-state index in [4.69, 9.17) is 9.84 Å². The summed E-state index contributed by atoms with van der Waals surface area (Å²) in [5.41, 5.74) is 0. The van der Waals surface area contributed by atoms with Crippen LogP contribution in [0, 0.1) is 0 Å². The molecule has 0 atom stereocenters. The molecular weight excluding hydrogens is 104 g/mol. The van der Waals surface area contributed by atoms with E-state index in [0.717, 1.165) is 0 Å². The molecule has 1 aliphatic heterocycles.